The molecule has 0 aliphatic rings. The van der Waals surface area contributed by atoms with Gasteiger partial charge in [0.05, 0.1) is 0 Å². The van der Waals surface area contributed by atoms with Gasteiger partial charge in [0, 0.05) is 16.8 Å². The Morgan fingerprint density at radius 2 is 1.85 bits per heavy atom. The van der Waals surface area contributed by atoms with Gasteiger partial charge >= 0.3 is 0 Å². The lowest BCUT2D eigenvalue weighted by molar-refractivity contribution is -0.115. The van der Waals surface area contributed by atoms with Crippen LogP contribution in [0.5, 0.6) is 0 Å². The molecule has 0 bridgehead atoms. The molecule has 1 amide bonds. The van der Waals surface area contributed by atoms with Crippen LogP contribution in [0.1, 0.15) is 11.1 Å². The van der Waals surface area contributed by atoms with Crippen molar-refractivity contribution in [3.63, 3.8) is 0 Å². The number of anilines is 1. The fraction of sp³-hybridized carbons (Fsp3) is 0.0476. The van der Waals surface area contributed by atoms with Crippen LogP contribution in [0.25, 0.3) is 16.8 Å². The number of halogens is 1. The zero-order chi connectivity index (χ0) is 18.5. The maximum atomic E-state index is 12.1. The van der Waals surface area contributed by atoms with Crippen LogP contribution < -0.4 is 10.6 Å². The third-order valence-corrected chi connectivity index (χ3v) is 4.52. The highest BCUT2D eigenvalue weighted by molar-refractivity contribution is 7.80. The lowest BCUT2D eigenvalue weighted by Gasteiger charge is -2.09. The second-order valence-electron chi connectivity index (χ2n) is 5.81. The van der Waals surface area contributed by atoms with Crippen molar-refractivity contribution in [2.75, 3.05) is 5.32 Å². The third-order valence-electron chi connectivity index (χ3n) is 3.90. The van der Waals surface area contributed by atoms with Crippen molar-refractivity contribution in [3.8, 4) is 0 Å². The van der Waals surface area contributed by atoms with Crippen molar-refractivity contribution >= 4 is 57.4 Å². The SMILES string of the molecule is Cc1ccc(NC(=S)NC(=O)/C=C\c2cccc3ccccc23)cc1Cl. The van der Waals surface area contributed by atoms with E-state index in [0.29, 0.717) is 5.02 Å². The van der Waals surface area contributed by atoms with Gasteiger partial charge in [-0.2, -0.15) is 0 Å². The van der Waals surface area contributed by atoms with Crippen molar-refractivity contribution in [2.24, 2.45) is 0 Å². The van der Waals surface area contributed by atoms with E-state index in [1.54, 1.807) is 12.1 Å². The summed E-state index contributed by atoms with van der Waals surface area (Å²) in [5.74, 6) is -0.298. The van der Waals surface area contributed by atoms with E-state index in [2.05, 4.69) is 10.6 Å². The Kier molecular flexibility index (Phi) is 5.66. The Hall–Kier alpha value is -2.69. The van der Waals surface area contributed by atoms with Gasteiger partial charge in [-0.15, -0.1) is 0 Å². The molecule has 5 heteroatoms. The van der Waals surface area contributed by atoms with Gasteiger partial charge < -0.3 is 5.32 Å². The highest BCUT2D eigenvalue weighted by atomic mass is 35.5. The lowest BCUT2D eigenvalue weighted by Crippen LogP contribution is -2.32. The molecule has 26 heavy (non-hydrogen) atoms. The maximum Gasteiger partial charge on any atom is 0.250 e. The molecule has 3 nitrogen and oxygen atoms in total. The first kappa shape index (κ1) is 18.1. The number of aryl methyl sites for hydroxylation is 1. The van der Waals surface area contributed by atoms with E-state index >= 15 is 0 Å². The molecule has 0 aliphatic heterocycles. The standard InChI is InChI=1S/C21H17ClN2OS/c1-14-9-11-17(13-19(14)22)23-21(26)24-20(25)12-10-16-7-4-6-15-5-2-3-8-18(15)16/h2-13H,1H3,(H2,23,24,25,26)/b12-10-. The molecule has 0 aliphatic carbocycles. The van der Waals surface area contributed by atoms with Gasteiger partial charge in [-0.3, -0.25) is 10.1 Å². The van der Waals surface area contributed by atoms with Crippen molar-refractivity contribution < 1.29 is 4.79 Å². The Morgan fingerprint density at radius 1 is 1.08 bits per heavy atom. The predicted octanol–water partition coefficient (Wildman–Crippen LogP) is 5.33. The highest BCUT2D eigenvalue weighted by Crippen LogP contribution is 2.20. The van der Waals surface area contributed by atoms with E-state index in [9.17, 15) is 4.79 Å². The summed E-state index contributed by atoms with van der Waals surface area (Å²) in [6.45, 7) is 1.92. The van der Waals surface area contributed by atoms with E-state index < -0.39 is 0 Å². The summed E-state index contributed by atoms with van der Waals surface area (Å²) in [6, 6.07) is 19.5. The molecular formula is C21H17ClN2OS. The van der Waals surface area contributed by atoms with Crippen molar-refractivity contribution in [2.45, 2.75) is 6.92 Å². The molecule has 0 atom stereocenters. The zero-order valence-corrected chi connectivity index (χ0v) is 15.7. The molecule has 0 heterocycles. The van der Waals surface area contributed by atoms with E-state index in [1.165, 1.54) is 6.08 Å². The van der Waals surface area contributed by atoms with Gasteiger partial charge in [0.25, 0.3) is 0 Å². The molecule has 0 fully saturated rings. The highest BCUT2D eigenvalue weighted by Gasteiger charge is 2.04. The molecule has 0 radical (unpaired) electrons. The summed E-state index contributed by atoms with van der Waals surface area (Å²) in [5, 5.41) is 8.66. The summed E-state index contributed by atoms with van der Waals surface area (Å²) in [7, 11) is 0. The molecule has 2 N–H and O–H groups in total. The number of carbonyl (C=O) groups is 1. The fourth-order valence-electron chi connectivity index (χ4n) is 2.55. The zero-order valence-electron chi connectivity index (χ0n) is 14.1. The minimum atomic E-state index is -0.298. The van der Waals surface area contributed by atoms with Crippen LogP contribution in [0.15, 0.2) is 66.7 Å². The molecule has 3 rings (SSSR count). The summed E-state index contributed by atoms with van der Waals surface area (Å²) < 4.78 is 0. The Labute approximate surface area is 162 Å². The molecule has 0 aromatic heterocycles. The first-order valence-corrected chi connectivity index (χ1v) is 8.85. The summed E-state index contributed by atoms with van der Waals surface area (Å²) >= 11 is 11.3. The number of thiocarbonyl (C=S) groups is 1. The second-order valence-corrected chi connectivity index (χ2v) is 6.62. The smallest absolute Gasteiger partial charge is 0.250 e. The maximum absolute atomic E-state index is 12.1. The van der Waals surface area contributed by atoms with Crippen molar-refractivity contribution in [3.05, 3.63) is 82.9 Å². The largest absolute Gasteiger partial charge is 0.332 e. The van der Waals surface area contributed by atoms with Gasteiger partial charge in [-0.05, 0) is 59.2 Å². The average molecular weight is 381 g/mol. The Morgan fingerprint density at radius 3 is 2.65 bits per heavy atom. The lowest BCUT2D eigenvalue weighted by atomic mass is 10.0. The summed E-state index contributed by atoms with van der Waals surface area (Å²) in [5.41, 5.74) is 2.68. The van der Waals surface area contributed by atoms with Crippen LogP contribution >= 0.6 is 23.8 Å². The second kappa shape index (κ2) is 8.13. The average Bonchev–Trinajstić information content (AvgIpc) is 2.63. The van der Waals surface area contributed by atoms with Crippen LogP contribution in [0.4, 0.5) is 5.69 Å². The van der Waals surface area contributed by atoms with Gasteiger partial charge in [0.2, 0.25) is 5.91 Å². The number of rotatable bonds is 3. The van der Waals surface area contributed by atoms with E-state index in [-0.39, 0.29) is 11.0 Å². The minimum Gasteiger partial charge on any atom is -0.332 e. The first-order chi connectivity index (χ1) is 12.5. The molecule has 0 unspecified atom stereocenters. The van der Waals surface area contributed by atoms with Crippen LogP contribution in [-0.4, -0.2) is 11.0 Å². The number of benzene rings is 3. The van der Waals surface area contributed by atoms with Crippen LogP contribution in [0, 0.1) is 6.92 Å². The molecule has 0 spiro atoms. The summed E-state index contributed by atoms with van der Waals surface area (Å²) in [6.07, 6.45) is 3.25. The van der Waals surface area contributed by atoms with Crippen LogP contribution in [0.2, 0.25) is 5.02 Å². The van der Waals surface area contributed by atoms with Gasteiger partial charge in [0.15, 0.2) is 5.11 Å². The van der Waals surface area contributed by atoms with Gasteiger partial charge in [-0.1, -0.05) is 60.1 Å². The molecule has 0 saturated heterocycles. The topological polar surface area (TPSA) is 41.1 Å². The quantitative estimate of drug-likeness (QED) is 0.476. The van der Waals surface area contributed by atoms with Crippen molar-refractivity contribution in [1.82, 2.24) is 5.32 Å². The monoisotopic (exact) mass is 380 g/mol. The van der Waals surface area contributed by atoms with Gasteiger partial charge in [-0.25, -0.2) is 0 Å². The summed E-state index contributed by atoms with van der Waals surface area (Å²) in [4.78, 5) is 12.1. The van der Waals surface area contributed by atoms with E-state index in [0.717, 1.165) is 27.6 Å². The van der Waals surface area contributed by atoms with E-state index in [1.807, 2.05) is 61.5 Å². The molecule has 3 aromatic carbocycles. The number of fused-ring (bicyclic) bond motifs is 1. The number of hydrogen-bond acceptors (Lipinski definition) is 2. The number of carbonyl (C=O) groups excluding carboxylic acids is 1. The molecular weight excluding hydrogens is 364 g/mol. The number of nitrogens with one attached hydrogen (secondary N) is 2. The van der Waals surface area contributed by atoms with E-state index in [4.69, 9.17) is 23.8 Å². The number of amides is 1. The van der Waals surface area contributed by atoms with Gasteiger partial charge in [0.1, 0.15) is 0 Å². The Balaban J connectivity index is 1.65. The normalized spacial score (nSPS) is 10.8. The predicted molar refractivity (Wildman–Crippen MR) is 114 cm³/mol. The fourth-order valence-corrected chi connectivity index (χ4v) is 2.95. The first-order valence-electron chi connectivity index (χ1n) is 8.07. The Bertz CT molecular complexity index is 1010. The third kappa shape index (κ3) is 4.48. The molecule has 130 valence electrons. The van der Waals surface area contributed by atoms with Crippen LogP contribution in [-0.2, 0) is 4.79 Å². The molecule has 0 saturated carbocycles. The van der Waals surface area contributed by atoms with Crippen LogP contribution in [0.3, 0.4) is 0 Å². The minimum absolute atomic E-state index is 0.220. The van der Waals surface area contributed by atoms with Crippen molar-refractivity contribution in [1.29, 1.82) is 0 Å². The number of hydrogen-bond donors (Lipinski definition) is 2. The molecule has 3 aromatic rings.